The first kappa shape index (κ1) is 22.7. The van der Waals surface area contributed by atoms with Gasteiger partial charge in [-0.1, -0.05) is 19.1 Å². The largest absolute Gasteiger partial charge is 0.458 e. The average molecular weight is 463 g/mol. The van der Waals surface area contributed by atoms with E-state index in [-0.39, 0.29) is 12.4 Å². The fraction of sp³-hybridized carbons (Fsp3) is 0.474. The van der Waals surface area contributed by atoms with Crippen LogP contribution < -0.4 is 0 Å². The standard InChI is InChI=1S/C19H21F3N2O4S2/c1-2-10-30(26,27)24-9-3-4-16(24)18(25)28-11-15-12-29-17(23-15)13-5-7-14(8-6-13)19(20,21)22/h5-8,12,16H,2-4,9-11H2,1H3. The molecule has 3 rings (SSSR count). The molecule has 164 valence electrons. The first-order valence-corrected chi connectivity index (χ1v) is 11.9. The molecule has 1 saturated heterocycles. The Morgan fingerprint density at radius 1 is 1.30 bits per heavy atom. The summed E-state index contributed by atoms with van der Waals surface area (Å²) in [4.78, 5) is 16.7. The lowest BCUT2D eigenvalue weighted by molar-refractivity contribution is -0.148. The molecule has 1 aliphatic heterocycles. The number of alkyl halides is 3. The SMILES string of the molecule is CCCS(=O)(=O)N1CCCC1C(=O)OCc1csc(-c2ccc(C(F)(F)F)cc2)n1. The van der Waals surface area contributed by atoms with Crippen LogP contribution in [-0.2, 0) is 32.3 Å². The van der Waals surface area contributed by atoms with Crippen LogP contribution in [-0.4, -0.2) is 42.0 Å². The lowest BCUT2D eigenvalue weighted by Gasteiger charge is -2.22. The Hall–Kier alpha value is -1.98. The second-order valence-electron chi connectivity index (χ2n) is 6.91. The van der Waals surface area contributed by atoms with Gasteiger partial charge in [0.2, 0.25) is 10.0 Å². The first-order chi connectivity index (χ1) is 14.1. The third-order valence-corrected chi connectivity index (χ3v) is 7.68. The molecule has 0 N–H and O–H groups in total. The predicted octanol–water partition coefficient (Wildman–Crippen LogP) is 4.08. The van der Waals surface area contributed by atoms with E-state index < -0.39 is 33.8 Å². The van der Waals surface area contributed by atoms with Crippen molar-refractivity contribution in [2.24, 2.45) is 0 Å². The minimum atomic E-state index is -4.40. The van der Waals surface area contributed by atoms with E-state index in [0.717, 1.165) is 12.1 Å². The van der Waals surface area contributed by atoms with Gasteiger partial charge in [0.25, 0.3) is 0 Å². The molecular weight excluding hydrogens is 441 g/mol. The lowest BCUT2D eigenvalue weighted by Crippen LogP contribution is -2.42. The Balaban J connectivity index is 1.62. The van der Waals surface area contributed by atoms with Crippen LogP contribution in [0.15, 0.2) is 29.6 Å². The fourth-order valence-electron chi connectivity index (χ4n) is 3.23. The first-order valence-electron chi connectivity index (χ1n) is 9.40. The molecule has 0 saturated carbocycles. The van der Waals surface area contributed by atoms with Gasteiger partial charge in [0.05, 0.1) is 17.0 Å². The molecule has 0 aliphatic carbocycles. The molecule has 0 bridgehead atoms. The third kappa shape index (κ3) is 5.19. The molecule has 1 aromatic carbocycles. The summed E-state index contributed by atoms with van der Waals surface area (Å²) in [6.07, 6.45) is -2.93. The molecule has 2 aromatic rings. The highest BCUT2D eigenvalue weighted by molar-refractivity contribution is 7.89. The molecule has 1 fully saturated rings. The van der Waals surface area contributed by atoms with E-state index in [9.17, 15) is 26.4 Å². The summed E-state index contributed by atoms with van der Waals surface area (Å²) in [6, 6.07) is 3.83. The highest BCUT2D eigenvalue weighted by atomic mass is 32.2. The lowest BCUT2D eigenvalue weighted by atomic mass is 10.1. The van der Waals surface area contributed by atoms with Gasteiger partial charge in [-0.25, -0.2) is 13.4 Å². The number of nitrogens with zero attached hydrogens (tertiary/aromatic N) is 2. The Bertz CT molecular complexity index is 988. The molecule has 1 aliphatic rings. The number of thiazole rings is 1. The van der Waals surface area contributed by atoms with Crippen LogP contribution in [0.25, 0.3) is 10.6 Å². The normalized spacial score (nSPS) is 17.9. The highest BCUT2D eigenvalue weighted by Gasteiger charge is 2.39. The van der Waals surface area contributed by atoms with Crippen molar-refractivity contribution in [3.05, 3.63) is 40.9 Å². The number of sulfonamides is 1. The smallest absolute Gasteiger partial charge is 0.416 e. The molecule has 6 nitrogen and oxygen atoms in total. The number of rotatable bonds is 7. The zero-order chi connectivity index (χ0) is 21.9. The van der Waals surface area contributed by atoms with E-state index in [4.69, 9.17) is 4.74 Å². The van der Waals surface area contributed by atoms with Gasteiger partial charge in [-0.2, -0.15) is 17.5 Å². The van der Waals surface area contributed by atoms with Crippen LogP contribution in [0.2, 0.25) is 0 Å². The van der Waals surface area contributed by atoms with E-state index in [1.807, 2.05) is 0 Å². The Morgan fingerprint density at radius 3 is 2.63 bits per heavy atom. The van der Waals surface area contributed by atoms with Gasteiger partial charge in [-0.15, -0.1) is 11.3 Å². The maximum Gasteiger partial charge on any atom is 0.416 e. The Morgan fingerprint density at radius 2 is 2.00 bits per heavy atom. The number of ether oxygens (including phenoxy) is 1. The maximum atomic E-state index is 12.7. The van der Waals surface area contributed by atoms with Crippen molar-refractivity contribution in [2.75, 3.05) is 12.3 Å². The Kier molecular flexibility index (Phi) is 6.83. The van der Waals surface area contributed by atoms with Crippen molar-refractivity contribution in [3.8, 4) is 10.6 Å². The molecular formula is C19H21F3N2O4S2. The Labute approximate surface area is 176 Å². The number of aromatic nitrogens is 1. The topological polar surface area (TPSA) is 76.6 Å². The number of benzene rings is 1. The van der Waals surface area contributed by atoms with Gasteiger partial charge in [0.15, 0.2) is 0 Å². The summed E-state index contributed by atoms with van der Waals surface area (Å²) >= 11 is 1.22. The molecule has 0 spiro atoms. The molecule has 0 amide bonds. The van der Waals surface area contributed by atoms with Gasteiger partial charge < -0.3 is 4.74 Å². The molecule has 1 aromatic heterocycles. The average Bonchev–Trinajstić information content (AvgIpc) is 3.35. The summed E-state index contributed by atoms with van der Waals surface area (Å²) in [5.74, 6) is -0.629. The number of esters is 1. The van der Waals surface area contributed by atoms with Gasteiger partial charge in [-0.05, 0) is 31.4 Å². The molecule has 30 heavy (non-hydrogen) atoms. The molecule has 2 heterocycles. The van der Waals surface area contributed by atoms with Crippen molar-refractivity contribution in [1.82, 2.24) is 9.29 Å². The quantitative estimate of drug-likeness (QED) is 0.580. The second-order valence-corrected chi connectivity index (χ2v) is 9.81. The van der Waals surface area contributed by atoms with E-state index in [2.05, 4.69) is 4.98 Å². The van der Waals surface area contributed by atoms with Crippen molar-refractivity contribution >= 4 is 27.3 Å². The molecule has 1 atom stereocenters. The second kappa shape index (κ2) is 9.03. The van der Waals surface area contributed by atoms with Crippen LogP contribution in [0, 0.1) is 0 Å². The minimum absolute atomic E-state index is 0.0145. The van der Waals surface area contributed by atoms with Gasteiger partial charge in [0, 0.05) is 17.5 Å². The molecule has 11 heteroatoms. The van der Waals surface area contributed by atoms with Gasteiger partial charge in [0.1, 0.15) is 17.7 Å². The number of carbonyl (C=O) groups excluding carboxylic acids is 1. The van der Waals surface area contributed by atoms with Gasteiger partial charge in [-0.3, -0.25) is 4.79 Å². The molecule has 0 radical (unpaired) electrons. The summed E-state index contributed by atoms with van der Waals surface area (Å²) in [6.45, 7) is 1.93. The van der Waals surface area contributed by atoms with Crippen LogP contribution in [0.5, 0.6) is 0 Å². The highest BCUT2D eigenvalue weighted by Crippen LogP contribution is 2.32. The van der Waals surface area contributed by atoms with E-state index in [1.54, 1.807) is 12.3 Å². The maximum absolute atomic E-state index is 12.7. The van der Waals surface area contributed by atoms with E-state index in [0.29, 0.717) is 42.1 Å². The van der Waals surface area contributed by atoms with Gasteiger partial charge >= 0.3 is 12.1 Å². The summed E-state index contributed by atoms with van der Waals surface area (Å²) in [5.41, 5.74) is 0.235. The van der Waals surface area contributed by atoms with Crippen LogP contribution in [0.1, 0.15) is 37.4 Å². The van der Waals surface area contributed by atoms with Crippen molar-refractivity contribution in [1.29, 1.82) is 0 Å². The molecule has 1 unspecified atom stereocenters. The van der Waals surface area contributed by atoms with Crippen molar-refractivity contribution in [3.63, 3.8) is 0 Å². The number of hydrogen-bond acceptors (Lipinski definition) is 6. The van der Waals surface area contributed by atoms with E-state index in [1.165, 1.54) is 27.8 Å². The zero-order valence-corrected chi connectivity index (χ0v) is 17.8. The minimum Gasteiger partial charge on any atom is -0.458 e. The van der Waals surface area contributed by atoms with Crippen LogP contribution in [0.4, 0.5) is 13.2 Å². The van der Waals surface area contributed by atoms with Crippen molar-refractivity contribution in [2.45, 2.75) is 45.0 Å². The monoisotopic (exact) mass is 462 g/mol. The fourth-order valence-corrected chi connectivity index (χ4v) is 5.78. The number of halogens is 3. The van der Waals surface area contributed by atoms with Crippen molar-refractivity contribution < 1.29 is 31.1 Å². The van der Waals surface area contributed by atoms with E-state index >= 15 is 0 Å². The summed E-state index contributed by atoms with van der Waals surface area (Å²) in [5, 5.41) is 2.16. The van der Waals surface area contributed by atoms with Crippen LogP contribution in [0.3, 0.4) is 0 Å². The zero-order valence-electron chi connectivity index (χ0n) is 16.2. The van der Waals surface area contributed by atoms with Crippen LogP contribution >= 0.6 is 11.3 Å². The summed E-state index contributed by atoms with van der Waals surface area (Å²) in [7, 11) is -3.49. The summed E-state index contributed by atoms with van der Waals surface area (Å²) < 4.78 is 69.1. The predicted molar refractivity (Wildman–Crippen MR) is 106 cm³/mol. The number of carbonyl (C=O) groups is 1. The number of hydrogen-bond donors (Lipinski definition) is 0. The third-order valence-electron chi connectivity index (χ3n) is 4.67.